The maximum Gasteiger partial charge on any atom is 0.321 e. The van der Waals surface area contributed by atoms with E-state index in [0.29, 0.717) is 0 Å². The molecule has 0 bridgehead atoms. The van der Waals surface area contributed by atoms with Crippen molar-refractivity contribution in [3.05, 3.63) is 24.3 Å². The number of hydrogen-bond donors (Lipinski definition) is 1. The molecule has 1 aliphatic rings. The van der Waals surface area contributed by atoms with Crippen LogP contribution in [-0.2, 0) is 0 Å². The Kier molecular flexibility index (Phi) is 5.90. The average Bonchev–Trinajstić information content (AvgIpc) is 3.02. The van der Waals surface area contributed by atoms with Gasteiger partial charge in [0.05, 0.1) is 0 Å². The van der Waals surface area contributed by atoms with E-state index in [-0.39, 0.29) is 6.03 Å². The van der Waals surface area contributed by atoms with Gasteiger partial charge in [0.1, 0.15) is 0 Å². The lowest BCUT2D eigenvalue weighted by molar-refractivity contribution is 0.211. The second-order valence-electron chi connectivity index (χ2n) is 5.66. The summed E-state index contributed by atoms with van der Waals surface area (Å²) in [6, 6.07) is 8.21. The third-order valence-electron chi connectivity index (χ3n) is 3.86. The normalized spacial score (nSPS) is 14.3. The van der Waals surface area contributed by atoms with Gasteiger partial charge in [0, 0.05) is 37.6 Å². The molecule has 1 aromatic rings. The highest BCUT2D eigenvalue weighted by Gasteiger charge is 2.13. The average molecular weight is 289 g/mol. The van der Waals surface area contributed by atoms with Gasteiger partial charge in [-0.05, 0) is 49.9 Å². The molecule has 1 aliphatic heterocycles. The van der Waals surface area contributed by atoms with Gasteiger partial charge in [-0.25, -0.2) is 4.79 Å². The molecule has 4 heteroatoms. The van der Waals surface area contributed by atoms with Crippen LogP contribution in [0.5, 0.6) is 0 Å². The number of carbonyl (C=O) groups is 1. The van der Waals surface area contributed by atoms with E-state index in [0.717, 1.165) is 44.7 Å². The summed E-state index contributed by atoms with van der Waals surface area (Å²) in [5.41, 5.74) is 2.13. The number of carbonyl (C=O) groups excluding carboxylic acids is 1. The molecule has 1 N–H and O–H groups in total. The van der Waals surface area contributed by atoms with Crippen LogP contribution < -0.4 is 10.2 Å². The highest BCUT2D eigenvalue weighted by Crippen LogP contribution is 2.22. The fourth-order valence-electron chi connectivity index (χ4n) is 2.79. The van der Waals surface area contributed by atoms with Gasteiger partial charge in [-0.15, -0.1) is 0 Å². The van der Waals surface area contributed by atoms with Gasteiger partial charge in [0.2, 0.25) is 0 Å². The predicted molar refractivity (Wildman–Crippen MR) is 89.1 cm³/mol. The first-order chi connectivity index (χ1) is 10.2. The topological polar surface area (TPSA) is 35.6 Å². The molecule has 0 aromatic heterocycles. The molecule has 0 spiro atoms. The second kappa shape index (κ2) is 7.91. The zero-order valence-electron chi connectivity index (χ0n) is 13.3. The fourth-order valence-corrected chi connectivity index (χ4v) is 2.79. The van der Waals surface area contributed by atoms with Gasteiger partial charge in [-0.2, -0.15) is 0 Å². The third kappa shape index (κ3) is 4.38. The molecule has 2 rings (SSSR count). The van der Waals surface area contributed by atoms with Crippen molar-refractivity contribution in [1.29, 1.82) is 0 Å². The van der Waals surface area contributed by atoms with Crippen LogP contribution in [0.2, 0.25) is 0 Å². The first kappa shape index (κ1) is 15.7. The van der Waals surface area contributed by atoms with Crippen LogP contribution in [0, 0.1) is 0 Å². The highest BCUT2D eigenvalue weighted by molar-refractivity contribution is 5.89. The van der Waals surface area contributed by atoms with Crippen LogP contribution in [0.25, 0.3) is 0 Å². The van der Waals surface area contributed by atoms with E-state index in [9.17, 15) is 4.79 Å². The SMILES string of the molecule is CCCN(CCC)C(=O)Nc1ccc(N2CCCC2)cc1. The molecule has 1 fully saturated rings. The summed E-state index contributed by atoms with van der Waals surface area (Å²) in [5, 5.41) is 3.00. The second-order valence-corrected chi connectivity index (χ2v) is 5.66. The molecule has 1 saturated heterocycles. The fraction of sp³-hybridized carbons (Fsp3) is 0.588. The van der Waals surface area contributed by atoms with Crippen molar-refractivity contribution >= 4 is 17.4 Å². The number of hydrogen-bond acceptors (Lipinski definition) is 2. The van der Waals surface area contributed by atoms with E-state index in [1.54, 1.807) is 0 Å². The molecule has 4 nitrogen and oxygen atoms in total. The molecule has 116 valence electrons. The van der Waals surface area contributed by atoms with Crippen molar-refractivity contribution in [3.63, 3.8) is 0 Å². The Balaban J connectivity index is 1.93. The van der Waals surface area contributed by atoms with Crippen molar-refractivity contribution in [1.82, 2.24) is 4.90 Å². The van der Waals surface area contributed by atoms with E-state index < -0.39 is 0 Å². The van der Waals surface area contributed by atoms with E-state index in [4.69, 9.17) is 0 Å². The number of anilines is 2. The zero-order chi connectivity index (χ0) is 15.1. The zero-order valence-corrected chi connectivity index (χ0v) is 13.3. The van der Waals surface area contributed by atoms with E-state index in [2.05, 4.69) is 36.2 Å². The lowest BCUT2D eigenvalue weighted by Gasteiger charge is -2.22. The summed E-state index contributed by atoms with van der Waals surface area (Å²) < 4.78 is 0. The Morgan fingerprint density at radius 2 is 1.67 bits per heavy atom. The standard InChI is InChI=1S/C17H27N3O/c1-3-11-20(12-4-2)17(21)18-15-7-9-16(10-8-15)19-13-5-6-14-19/h7-10H,3-6,11-14H2,1-2H3,(H,18,21). The number of rotatable bonds is 6. The number of benzene rings is 1. The molecule has 0 atom stereocenters. The maximum absolute atomic E-state index is 12.2. The van der Waals surface area contributed by atoms with Crippen molar-refractivity contribution in [2.45, 2.75) is 39.5 Å². The van der Waals surface area contributed by atoms with E-state index >= 15 is 0 Å². The lowest BCUT2D eigenvalue weighted by atomic mass is 10.2. The Labute approximate surface area is 128 Å². The van der Waals surface area contributed by atoms with Crippen molar-refractivity contribution in [2.24, 2.45) is 0 Å². The summed E-state index contributed by atoms with van der Waals surface area (Å²) >= 11 is 0. The summed E-state index contributed by atoms with van der Waals surface area (Å²) in [7, 11) is 0. The minimum absolute atomic E-state index is 0.00706. The van der Waals surface area contributed by atoms with Gasteiger partial charge in [-0.3, -0.25) is 0 Å². The molecule has 21 heavy (non-hydrogen) atoms. The van der Waals surface area contributed by atoms with E-state index in [1.165, 1.54) is 18.5 Å². The van der Waals surface area contributed by atoms with E-state index in [1.807, 2.05) is 17.0 Å². The largest absolute Gasteiger partial charge is 0.372 e. The summed E-state index contributed by atoms with van der Waals surface area (Å²) in [4.78, 5) is 16.5. The Morgan fingerprint density at radius 1 is 1.10 bits per heavy atom. The molecular weight excluding hydrogens is 262 g/mol. The van der Waals surface area contributed by atoms with Crippen molar-refractivity contribution < 1.29 is 4.79 Å². The van der Waals surface area contributed by atoms with Crippen molar-refractivity contribution in [2.75, 3.05) is 36.4 Å². The molecule has 1 aromatic carbocycles. The number of nitrogens with one attached hydrogen (secondary N) is 1. The minimum atomic E-state index is 0.00706. The third-order valence-corrected chi connectivity index (χ3v) is 3.86. The molecule has 1 heterocycles. The van der Waals surface area contributed by atoms with Gasteiger partial charge < -0.3 is 15.1 Å². The van der Waals surface area contributed by atoms with Crippen LogP contribution in [0.15, 0.2) is 24.3 Å². The van der Waals surface area contributed by atoms with Gasteiger partial charge >= 0.3 is 6.03 Å². The maximum atomic E-state index is 12.2. The summed E-state index contributed by atoms with van der Waals surface area (Å²) in [6.45, 7) is 8.11. The summed E-state index contributed by atoms with van der Waals surface area (Å²) in [6.07, 6.45) is 4.53. The van der Waals surface area contributed by atoms with Gasteiger partial charge in [-0.1, -0.05) is 13.8 Å². The van der Waals surface area contributed by atoms with Crippen LogP contribution >= 0.6 is 0 Å². The summed E-state index contributed by atoms with van der Waals surface area (Å²) in [5.74, 6) is 0. The van der Waals surface area contributed by atoms with Crippen LogP contribution in [0.1, 0.15) is 39.5 Å². The highest BCUT2D eigenvalue weighted by atomic mass is 16.2. The lowest BCUT2D eigenvalue weighted by Crippen LogP contribution is -2.36. The monoisotopic (exact) mass is 289 g/mol. The number of urea groups is 1. The number of nitrogens with zero attached hydrogens (tertiary/aromatic N) is 2. The Morgan fingerprint density at radius 3 is 2.19 bits per heavy atom. The molecule has 0 aliphatic carbocycles. The molecule has 2 amide bonds. The molecule has 0 radical (unpaired) electrons. The number of amides is 2. The Bertz CT molecular complexity index is 432. The van der Waals surface area contributed by atoms with Crippen LogP contribution in [-0.4, -0.2) is 37.1 Å². The van der Waals surface area contributed by atoms with Crippen LogP contribution in [0.3, 0.4) is 0 Å². The van der Waals surface area contributed by atoms with Crippen LogP contribution in [0.4, 0.5) is 16.2 Å². The minimum Gasteiger partial charge on any atom is -0.372 e. The predicted octanol–water partition coefficient (Wildman–Crippen LogP) is 3.94. The first-order valence-electron chi connectivity index (χ1n) is 8.15. The Hall–Kier alpha value is -1.71. The van der Waals surface area contributed by atoms with Crippen molar-refractivity contribution in [3.8, 4) is 0 Å². The first-order valence-corrected chi connectivity index (χ1v) is 8.15. The van der Waals surface area contributed by atoms with Gasteiger partial charge in [0.15, 0.2) is 0 Å². The quantitative estimate of drug-likeness (QED) is 0.861. The van der Waals surface area contributed by atoms with Gasteiger partial charge in [0.25, 0.3) is 0 Å². The molecular formula is C17H27N3O. The molecule has 0 unspecified atom stereocenters. The molecule has 0 saturated carbocycles. The smallest absolute Gasteiger partial charge is 0.321 e.